The lowest BCUT2D eigenvalue weighted by Crippen LogP contribution is -2.43. The van der Waals surface area contributed by atoms with E-state index in [1.807, 2.05) is 31.6 Å². The van der Waals surface area contributed by atoms with Crippen LogP contribution in [0.4, 0.5) is 4.39 Å². The topological polar surface area (TPSA) is 54.2 Å². The van der Waals surface area contributed by atoms with Crippen LogP contribution in [0.2, 0.25) is 0 Å². The summed E-state index contributed by atoms with van der Waals surface area (Å²) in [6.45, 7) is 9.74. The minimum absolute atomic E-state index is 0. The molecule has 0 aliphatic carbocycles. The largest absolute Gasteiger partial charge is 0.357 e. The van der Waals surface area contributed by atoms with E-state index in [0.717, 1.165) is 30.2 Å². The Balaban J connectivity index is 0.00000364. The van der Waals surface area contributed by atoms with Crippen molar-refractivity contribution in [2.24, 2.45) is 12.0 Å². The number of halogens is 2. The second-order valence-electron chi connectivity index (χ2n) is 6.66. The van der Waals surface area contributed by atoms with Crippen molar-refractivity contribution in [1.82, 2.24) is 20.4 Å². The normalized spacial score (nSPS) is 12.4. The molecule has 0 aliphatic heterocycles. The van der Waals surface area contributed by atoms with Gasteiger partial charge in [-0.3, -0.25) is 9.67 Å². The molecule has 0 aliphatic rings. The van der Waals surface area contributed by atoms with Gasteiger partial charge in [0, 0.05) is 31.9 Å². The van der Waals surface area contributed by atoms with E-state index < -0.39 is 0 Å². The van der Waals surface area contributed by atoms with Gasteiger partial charge in [-0.15, -0.1) is 24.0 Å². The Hall–Kier alpha value is -1.64. The fourth-order valence-electron chi connectivity index (χ4n) is 3.01. The molecule has 150 valence electrons. The summed E-state index contributed by atoms with van der Waals surface area (Å²) >= 11 is 0. The Morgan fingerprint density at radius 2 is 2.07 bits per heavy atom. The van der Waals surface area contributed by atoms with Gasteiger partial charge in [-0.1, -0.05) is 12.1 Å². The summed E-state index contributed by atoms with van der Waals surface area (Å²) in [5.74, 6) is 0.586. The van der Waals surface area contributed by atoms with Crippen LogP contribution in [0.25, 0.3) is 0 Å². The third kappa shape index (κ3) is 7.12. The fraction of sp³-hybridized carbons (Fsp3) is 0.500. The molecule has 0 saturated heterocycles. The molecule has 7 heteroatoms. The maximum absolute atomic E-state index is 13.3. The first-order valence-electron chi connectivity index (χ1n) is 9.19. The summed E-state index contributed by atoms with van der Waals surface area (Å²) in [4.78, 5) is 4.62. The number of benzene rings is 1. The number of hydrogen-bond acceptors (Lipinski definition) is 2. The van der Waals surface area contributed by atoms with Crippen molar-refractivity contribution in [3.63, 3.8) is 0 Å². The smallest absolute Gasteiger partial charge is 0.191 e. The van der Waals surface area contributed by atoms with Crippen LogP contribution in [0.5, 0.6) is 0 Å². The summed E-state index contributed by atoms with van der Waals surface area (Å²) in [6, 6.07) is 6.91. The molecule has 0 bridgehead atoms. The van der Waals surface area contributed by atoms with E-state index in [9.17, 15) is 4.39 Å². The summed E-state index contributed by atoms with van der Waals surface area (Å²) in [6.07, 6.45) is 1.60. The maximum atomic E-state index is 13.3. The predicted molar refractivity (Wildman–Crippen MR) is 120 cm³/mol. The first kappa shape index (κ1) is 23.4. The number of aromatic nitrogens is 2. The van der Waals surface area contributed by atoms with Gasteiger partial charge in [0.25, 0.3) is 0 Å². The van der Waals surface area contributed by atoms with Crippen molar-refractivity contribution in [3.05, 3.63) is 52.6 Å². The Morgan fingerprint density at radius 1 is 1.33 bits per heavy atom. The highest BCUT2D eigenvalue weighted by Gasteiger charge is 2.13. The first-order chi connectivity index (χ1) is 12.4. The van der Waals surface area contributed by atoms with Gasteiger partial charge in [0.05, 0.1) is 5.69 Å². The lowest BCUT2D eigenvalue weighted by Gasteiger charge is -2.18. The Labute approximate surface area is 178 Å². The molecule has 0 amide bonds. The molecule has 0 radical (unpaired) electrons. The SMILES string of the molecule is CCNC(=NCCc1cccc(F)c1)NC(C)Cc1c(C)nn(C)c1C.I. The van der Waals surface area contributed by atoms with Gasteiger partial charge in [-0.2, -0.15) is 5.10 Å². The van der Waals surface area contributed by atoms with Crippen LogP contribution in [0, 0.1) is 19.7 Å². The van der Waals surface area contributed by atoms with Crippen molar-refractivity contribution in [1.29, 1.82) is 0 Å². The third-order valence-corrected chi connectivity index (χ3v) is 4.46. The number of aliphatic imine (C=N–C) groups is 1. The molecule has 0 spiro atoms. The number of hydrogen-bond donors (Lipinski definition) is 2. The van der Waals surface area contributed by atoms with Gasteiger partial charge in [-0.25, -0.2) is 4.39 Å². The highest BCUT2D eigenvalue weighted by Crippen LogP contribution is 2.14. The third-order valence-electron chi connectivity index (χ3n) is 4.46. The van der Waals surface area contributed by atoms with Gasteiger partial charge in [-0.05, 0) is 63.8 Å². The molecule has 5 nitrogen and oxygen atoms in total. The molecule has 2 aromatic rings. The monoisotopic (exact) mass is 487 g/mol. The molecule has 1 aromatic carbocycles. The molecule has 1 atom stereocenters. The first-order valence-corrected chi connectivity index (χ1v) is 9.19. The zero-order valence-corrected chi connectivity index (χ0v) is 19.2. The Bertz CT molecular complexity index is 757. The van der Waals surface area contributed by atoms with Gasteiger partial charge in [0.15, 0.2) is 5.96 Å². The standard InChI is InChI=1S/C20H30FN5.HI/c1-6-22-20(23-11-10-17-8-7-9-18(21)13-17)24-14(2)12-19-15(3)25-26(5)16(19)4;/h7-9,13-14H,6,10-12H2,1-5H3,(H2,22,23,24);1H. The second kappa shape index (κ2) is 11.3. The molecule has 1 aromatic heterocycles. The highest BCUT2D eigenvalue weighted by atomic mass is 127. The number of nitrogens with zero attached hydrogens (tertiary/aromatic N) is 3. The van der Waals surface area contributed by atoms with Gasteiger partial charge in [0.1, 0.15) is 5.82 Å². The van der Waals surface area contributed by atoms with Crippen molar-refractivity contribution in [2.45, 2.75) is 46.6 Å². The Kier molecular flexibility index (Phi) is 9.76. The van der Waals surface area contributed by atoms with E-state index in [-0.39, 0.29) is 35.8 Å². The summed E-state index contributed by atoms with van der Waals surface area (Å²) < 4.78 is 15.2. The van der Waals surface area contributed by atoms with Crippen molar-refractivity contribution < 1.29 is 4.39 Å². The minimum atomic E-state index is -0.202. The summed E-state index contributed by atoms with van der Waals surface area (Å²) in [5.41, 5.74) is 4.51. The summed E-state index contributed by atoms with van der Waals surface area (Å²) in [5, 5.41) is 11.2. The lowest BCUT2D eigenvalue weighted by molar-refractivity contribution is 0.625. The highest BCUT2D eigenvalue weighted by molar-refractivity contribution is 14.0. The zero-order chi connectivity index (χ0) is 19.1. The molecular formula is C20H31FIN5. The van der Waals surface area contributed by atoms with E-state index in [2.05, 4.69) is 34.6 Å². The zero-order valence-electron chi connectivity index (χ0n) is 16.8. The summed E-state index contributed by atoms with van der Waals surface area (Å²) in [7, 11) is 1.97. The van der Waals surface area contributed by atoms with E-state index in [4.69, 9.17) is 0 Å². The predicted octanol–water partition coefficient (Wildman–Crippen LogP) is 3.52. The molecule has 1 heterocycles. The molecule has 2 rings (SSSR count). The minimum Gasteiger partial charge on any atom is -0.357 e. The second-order valence-corrected chi connectivity index (χ2v) is 6.66. The van der Waals surface area contributed by atoms with E-state index in [1.54, 1.807) is 12.1 Å². The average Bonchev–Trinajstić information content (AvgIpc) is 2.81. The van der Waals surface area contributed by atoms with E-state index in [0.29, 0.717) is 13.0 Å². The number of guanidine groups is 1. The number of rotatable bonds is 7. The molecule has 0 fully saturated rings. The van der Waals surface area contributed by atoms with Gasteiger partial charge >= 0.3 is 0 Å². The molecule has 27 heavy (non-hydrogen) atoms. The maximum Gasteiger partial charge on any atom is 0.191 e. The van der Waals surface area contributed by atoms with Crippen molar-refractivity contribution >= 4 is 29.9 Å². The van der Waals surface area contributed by atoms with Crippen LogP contribution >= 0.6 is 24.0 Å². The van der Waals surface area contributed by atoms with Crippen LogP contribution in [0.1, 0.15) is 36.4 Å². The number of aryl methyl sites for hydroxylation is 2. The average molecular weight is 487 g/mol. The van der Waals surface area contributed by atoms with Crippen LogP contribution in [0.3, 0.4) is 0 Å². The molecule has 2 N–H and O–H groups in total. The molecular weight excluding hydrogens is 456 g/mol. The van der Waals surface area contributed by atoms with Gasteiger partial charge in [0.2, 0.25) is 0 Å². The quantitative estimate of drug-likeness (QED) is 0.357. The van der Waals surface area contributed by atoms with Crippen molar-refractivity contribution in [3.8, 4) is 0 Å². The van der Waals surface area contributed by atoms with Crippen LogP contribution in [-0.2, 0) is 19.9 Å². The van der Waals surface area contributed by atoms with Crippen LogP contribution in [-0.4, -0.2) is 34.9 Å². The van der Waals surface area contributed by atoms with Crippen LogP contribution < -0.4 is 10.6 Å². The van der Waals surface area contributed by atoms with E-state index in [1.165, 1.54) is 17.3 Å². The fourth-order valence-corrected chi connectivity index (χ4v) is 3.01. The number of nitrogens with one attached hydrogen (secondary N) is 2. The molecule has 0 saturated carbocycles. The van der Waals surface area contributed by atoms with Gasteiger partial charge < -0.3 is 10.6 Å². The van der Waals surface area contributed by atoms with Crippen LogP contribution in [0.15, 0.2) is 29.3 Å². The Morgan fingerprint density at radius 3 is 2.67 bits per heavy atom. The molecule has 1 unspecified atom stereocenters. The lowest BCUT2D eigenvalue weighted by atomic mass is 10.1. The van der Waals surface area contributed by atoms with E-state index >= 15 is 0 Å². The van der Waals surface area contributed by atoms with Crippen molar-refractivity contribution in [2.75, 3.05) is 13.1 Å².